The van der Waals surface area contributed by atoms with Crippen molar-refractivity contribution in [3.63, 3.8) is 0 Å². The Morgan fingerprint density at radius 3 is 2.33 bits per heavy atom. The molecule has 180 valence electrons. The molecular formula is C24H32BrN3O4S. The Balaban J connectivity index is 2.40. The number of aryl methyl sites for hydroxylation is 1. The topological polar surface area (TPSA) is 86.8 Å². The number of nitrogens with zero attached hydrogens (tertiary/aromatic N) is 2. The van der Waals surface area contributed by atoms with E-state index in [0.717, 1.165) is 28.1 Å². The van der Waals surface area contributed by atoms with Crippen LogP contribution in [0.25, 0.3) is 0 Å². The maximum Gasteiger partial charge on any atom is 0.244 e. The zero-order chi connectivity index (χ0) is 24.8. The van der Waals surface area contributed by atoms with E-state index in [-0.39, 0.29) is 18.5 Å². The van der Waals surface area contributed by atoms with Crippen molar-refractivity contribution in [2.45, 2.75) is 52.7 Å². The molecule has 2 rings (SSSR count). The van der Waals surface area contributed by atoms with Gasteiger partial charge in [0.05, 0.1) is 11.9 Å². The van der Waals surface area contributed by atoms with E-state index < -0.39 is 28.5 Å². The Labute approximate surface area is 205 Å². The number of anilines is 1. The van der Waals surface area contributed by atoms with Gasteiger partial charge in [-0.15, -0.1) is 0 Å². The second kappa shape index (κ2) is 11.7. The summed E-state index contributed by atoms with van der Waals surface area (Å²) in [5.74, 6) is -0.748. The highest BCUT2D eigenvalue weighted by Crippen LogP contribution is 2.28. The molecular weight excluding hydrogens is 506 g/mol. The van der Waals surface area contributed by atoms with Crippen LogP contribution in [-0.2, 0) is 26.2 Å². The second-order valence-electron chi connectivity index (χ2n) is 8.23. The molecule has 0 saturated carbocycles. The van der Waals surface area contributed by atoms with Gasteiger partial charge >= 0.3 is 0 Å². The minimum Gasteiger partial charge on any atom is -0.352 e. The number of amides is 2. The predicted molar refractivity (Wildman–Crippen MR) is 135 cm³/mol. The van der Waals surface area contributed by atoms with Crippen molar-refractivity contribution < 1.29 is 18.0 Å². The van der Waals surface area contributed by atoms with Crippen LogP contribution < -0.4 is 9.62 Å². The maximum absolute atomic E-state index is 13.5. The number of carbonyl (C=O) groups is 2. The third-order valence-corrected chi connectivity index (χ3v) is 7.20. The van der Waals surface area contributed by atoms with Gasteiger partial charge < -0.3 is 10.2 Å². The lowest BCUT2D eigenvalue weighted by molar-refractivity contribution is -0.139. The largest absolute Gasteiger partial charge is 0.352 e. The molecule has 0 unspecified atom stereocenters. The van der Waals surface area contributed by atoms with Crippen molar-refractivity contribution in [1.82, 2.24) is 10.2 Å². The summed E-state index contributed by atoms with van der Waals surface area (Å²) >= 11 is 3.37. The molecule has 0 aliphatic rings. The zero-order valence-corrected chi connectivity index (χ0v) is 22.1. The van der Waals surface area contributed by atoms with Gasteiger partial charge in [-0.05, 0) is 60.8 Å². The van der Waals surface area contributed by atoms with Gasteiger partial charge in [-0.3, -0.25) is 13.9 Å². The fourth-order valence-electron chi connectivity index (χ4n) is 3.30. The number of hydrogen-bond acceptors (Lipinski definition) is 4. The zero-order valence-electron chi connectivity index (χ0n) is 19.7. The Kier molecular flexibility index (Phi) is 9.48. The van der Waals surface area contributed by atoms with E-state index >= 15 is 0 Å². The van der Waals surface area contributed by atoms with Gasteiger partial charge in [0.2, 0.25) is 21.8 Å². The van der Waals surface area contributed by atoms with Crippen LogP contribution in [0.1, 0.15) is 38.3 Å². The van der Waals surface area contributed by atoms with Crippen molar-refractivity contribution in [2.75, 3.05) is 17.1 Å². The standard InChI is InChI=1S/C24H32BrN3O4S/c1-6-18(3)26-24(30)19(4)27(15-20-11-9-10-17(2)14-20)23(29)16-28(33(5,31)32)22-13-8-7-12-21(22)25/h7-14,18-19H,6,15-16H2,1-5H3,(H,26,30)/t18-,19+/m1/s1. The predicted octanol–water partition coefficient (Wildman–Crippen LogP) is 3.86. The molecule has 2 atom stereocenters. The molecule has 0 aliphatic heterocycles. The lowest BCUT2D eigenvalue weighted by Gasteiger charge is -2.32. The average Bonchev–Trinajstić information content (AvgIpc) is 2.75. The molecule has 9 heteroatoms. The van der Waals surface area contributed by atoms with E-state index in [0.29, 0.717) is 10.2 Å². The Bertz CT molecular complexity index is 1090. The van der Waals surface area contributed by atoms with Crippen LogP contribution in [0, 0.1) is 6.92 Å². The van der Waals surface area contributed by atoms with Crippen LogP contribution in [0.2, 0.25) is 0 Å². The first-order chi connectivity index (χ1) is 15.4. The normalized spacial score (nSPS) is 13.2. The van der Waals surface area contributed by atoms with Crippen LogP contribution in [0.4, 0.5) is 5.69 Å². The van der Waals surface area contributed by atoms with Crippen molar-refractivity contribution >= 4 is 43.5 Å². The summed E-state index contributed by atoms with van der Waals surface area (Å²) in [7, 11) is -3.76. The summed E-state index contributed by atoms with van der Waals surface area (Å²) in [4.78, 5) is 27.8. The Hall–Kier alpha value is -2.39. The van der Waals surface area contributed by atoms with Crippen molar-refractivity contribution in [1.29, 1.82) is 0 Å². The molecule has 0 saturated heterocycles. The van der Waals surface area contributed by atoms with Gasteiger partial charge in [-0.2, -0.15) is 0 Å². The minimum absolute atomic E-state index is 0.0383. The summed E-state index contributed by atoms with van der Waals surface area (Å²) in [6.07, 6.45) is 1.82. The molecule has 0 fully saturated rings. The summed E-state index contributed by atoms with van der Waals surface area (Å²) in [6.45, 7) is 7.24. The molecule has 33 heavy (non-hydrogen) atoms. The molecule has 0 aromatic heterocycles. The highest BCUT2D eigenvalue weighted by molar-refractivity contribution is 9.10. The van der Waals surface area contributed by atoms with Gasteiger partial charge in [0.25, 0.3) is 0 Å². The summed E-state index contributed by atoms with van der Waals surface area (Å²) in [5.41, 5.74) is 2.25. The van der Waals surface area contributed by atoms with Gasteiger partial charge in [0.15, 0.2) is 0 Å². The number of nitrogens with one attached hydrogen (secondary N) is 1. The number of carbonyl (C=O) groups excluding carboxylic acids is 2. The van der Waals surface area contributed by atoms with Crippen molar-refractivity contribution in [2.24, 2.45) is 0 Å². The molecule has 0 bridgehead atoms. The van der Waals surface area contributed by atoms with E-state index in [9.17, 15) is 18.0 Å². The van der Waals surface area contributed by atoms with E-state index in [1.807, 2.05) is 45.0 Å². The van der Waals surface area contributed by atoms with Gasteiger partial charge in [0, 0.05) is 17.1 Å². The van der Waals surface area contributed by atoms with E-state index in [1.165, 1.54) is 4.90 Å². The first-order valence-corrected chi connectivity index (χ1v) is 13.5. The summed E-state index contributed by atoms with van der Waals surface area (Å²) < 4.78 is 26.8. The van der Waals surface area contributed by atoms with Gasteiger partial charge in [-0.1, -0.05) is 48.9 Å². The molecule has 2 aromatic rings. The molecule has 2 amide bonds. The van der Waals surface area contributed by atoms with E-state index in [2.05, 4.69) is 21.2 Å². The average molecular weight is 539 g/mol. The number of benzene rings is 2. The molecule has 1 N–H and O–H groups in total. The maximum atomic E-state index is 13.5. The van der Waals surface area contributed by atoms with Gasteiger partial charge in [-0.25, -0.2) is 8.42 Å². The van der Waals surface area contributed by atoms with Crippen molar-refractivity contribution in [3.05, 3.63) is 64.1 Å². The quantitative estimate of drug-likeness (QED) is 0.498. The molecule has 7 nitrogen and oxygen atoms in total. The Morgan fingerprint density at radius 2 is 1.76 bits per heavy atom. The first-order valence-electron chi connectivity index (χ1n) is 10.8. The molecule has 0 radical (unpaired) electrons. The fraction of sp³-hybridized carbons (Fsp3) is 0.417. The number of para-hydroxylation sites is 1. The smallest absolute Gasteiger partial charge is 0.244 e. The monoisotopic (exact) mass is 537 g/mol. The minimum atomic E-state index is -3.76. The van der Waals surface area contributed by atoms with Crippen LogP contribution >= 0.6 is 15.9 Å². The first kappa shape index (κ1) is 26.9. The molecule has 2 aromatic carbocycles. The molecule has 0 spiro atoms. The van der Waals surface area contributed by atoms with Crippen LogP contribution in [0.5, 0.6) is 0 Å². The number of rotatable bonds is 10. The lowest BCUT2D eigenvalue weighted by atomic mass is 10.1. The molecule has 0 aliphatic carbocycles. The summed E-state index contributed by atoms with van der Waals surface area (Å²) in [6, 6.07) is 13.7. The van der Waals surface area contributed by atoms with E-state index in [4.69, 9.17) is 0 Å². The lowest BCUT2D eigenvalue weighted by Crippen LogP contribution is -2.52. The summed E-state index contributed by atoms with van der Waals surface area (Å²) in [5, 5.41) is 2.91. The van der Waals surface area contributed by atoms with E-state index in [1.54, 1.807) is 31.2 Å². The third-order valence-electron chi connectivity index (χ3n) is 5.40. The highest BCUT2D eigenvalue weighted by Gasteiger charge is 2.31. The van der Waals surface area contributed by atoms with Crippen LogP contribution in [0.3, 0.4) is 0 Å². The number of halogens is 1. The fourth-order valence-corrected chi connectivity index (χ4v) is 4.78. The Morgan fingerprint density at radius 1 is 1.09 bits per heavy atom. The third kappa shape index (κ3) is 7.57. The van der Waals surface area contributed by atoms with Crippen LogP contribution in [-0.4, -0.2) is 50.0 Å². The van der Waals surface area contributed by atoms with Crippen LogP contribution in [0.15, 0.2) is 53.0 Å². The van der Waals surface area contributed by atoms with Gasteiger partial charge in [0.1, 0.15) is 12.6 Å². The molecule has 0 heterocycles. The number of hydrogen-bond donors (Lipinski definition) is 1. The SMILES string of the molecule is CC[C@@H](C)NC(=O)[C@H](C)N(Cc1cccc(C)c1)C(=O)CN(c1ccccc1Br)S(C)(=O)=O. The van der Waals surface area contributed by atoms with Crippen molar-refractivity contribution in [3.8, 4) is 0 Å². The second-order valence-corrected chi connectivity index (χ2v) is 11.0. The number of sulfonamides is 1. The highest BCUT2D eigenvalue weighted by atomic mass is 79.9.